The standard InChI is InChI=1S/C38H25N3S.C34H33N3S.C32H22N2S.C26H16N2S2/c1-3-9-25(10-4-1)27-15-18-35-31(22-27)32-23-28(26-11-5-2-6-12-26)16-19-36(32)40(35)30-17-20-34-29(21-30)24-42-38-39-33-13-7-8-14-37(33)41(34)38;1-33(2,3)22-11-14-29-25(18-22)26-19-23(34(4,5)6)12-15-30(26)36(29)24-13-16-28-21(17-24)20-38-32-35-27-9-7-8-10-31(27)37(28)32;1-3-10-22(11-4-1)26-14-9-15-27(23-12-5-2-6-13-23)31(26)24-18-19-29-25(20-24)21-35-32-33-28-16-7-8-17-30(28)34(29)32;1-4-11-24-19(6-1)20-8-5-7-18(25(20)30-24)16-12-13-22-17(14-16)15-29-26-27-21-9-2-3-10-23(21)28(22)26/h1-23H,24H2;7-19H,20H2,1-6H3;1-20H,21H2;1-14H,15H2. The number of thioether (sulfide) groups is 4. The van der Waals surface area contributed by atoms with Gasteiger partial charge in [-0.25, -0.2) is 19.9 Å². The number of imidazole rings is 4. The monoisotopic (exact) mass is 1960 g/mol. The summed E-state index contributed by atoms with van der Waals surface area (Å²) < 4.78 is 16.9. The fourth-order valence-corrected chi connectivity index (χ4v) is 27.1. The summed E-state index contributed by atoms with van der Waals surface area (Å²) in [5, 5.41) is 12.2. The van der Waals surface area contributed by atoms with Crippen LogP contribution in [0.1, 0.15) is 74.9 Å². The van der Waals surface area contributed by atoms with E-state index in [1.807, 2.05) is 58.4 Å². The molecule has 19 aromatic carbocycles. The summed E-state index contributed by atoms with van der Waals surface area (Å²) in [6, 6.07) is 154. The molecule has 696 valence electrons. The fourth-order valence-electron chi connectivity index (χ4n) is 21.9. The quantitative estimate of drug-likeness (QED) is 0.149. The Kier molecular flexibility index (Phi) is 21.7. The molecule has 30 rings (SSSR count). The maximum atomic E-state index is 4.89. The van der Waals surface area contributed by atoms with Crippen LogP contribution in [-0.4, -0.2) is 47.3 Å². The topological polar surface area (TPSA) is 81.1 Å². The zero-order valence-corrected chi connectivity index (χ0v) is 84.8. The van der Waals surface area contributed by atoms with Crippen molar-refractivity contribution in [3.05, 3.63) is 458 Å². The normalized spacial score (nSPS) is 13.0. The van der Waals surface area contributed by atoms with E-state index in [1.165, 1.54) is 215 Å². The van der Waals surface area contributed by atoms with Crippen LogP contribution in [-0.2, 0) is 33.8 Å². The van der Waals surface area contributed by atoms with Gasteiger partial charge in [0.05, 0.1) is 88.9 Å². The third-order valence-electron chi connectivity index (χ3n) is 29.0. The largest absolute Gasteiger partial charge is 0.309 e. The van der Waals surface area contributed by atoms with Gasteiger partial charge in [-0.1, -0.05) is 349 Å². The van der Waals surface area contributed by atoms with E-state index in [0.717, 1.165) is 71.2 Å². The molecule has 10 nitrogen and oxygen atoms in total. The maximum absolute atomic E-state index is 4.89. The second-order valence-electron chi connectivity index (χ2n) is 39.9. The average Bonchev–Trinajstić information content (AvgIpc) is 1.62. The highest BCUT2D eigenvalue weighted by atomic mass is 32.2. The van der Waals surface area contributed by atoms with Gasteiger partial charge in [-0.2, -0.15) is 0 Å². The first-order chi connectivity index (χ1) is 71.1. The van der Waals surface area contributed by atoms with Crippen molar-refractivity contribution in [3.63, 3.8) is 0 Å². The first kappa shape index (κ1) is 88.2. The van der Waals surface area contributed by atoms with E-state index in [0.29, 0.717) is 0 Å². The molecule has 0 amide bonds. The van der Waals surface area contributed by atoms with Gasteiger partial charge >= 0.3 is 0 Å². The molecule has 0 N–H and O–H groups in total. The van der Waals surface area contributed by atoms with Gasteiger partial charge in [-0.15, -0.1) is 11.3 Å². The Labute approximate surface area is 861 Å². The van der Waals surface area contributed by atoms with Gasteiger partial charge in [0.2, 0.25) is 0 Å². The molecule has 0 radical (unpaired) electrons. The highest BCUT2D eigenvalue weighted by Gasteiger charge is 2.31. The molecule has 0 saturated heterocycles. The van der Waals surface area contributed by atoms with Gasteiger partial charge in [-0.3, -0.25) is 18.3 Å². The molecule has 26 aromatic rings. The molecular formula is C130H96N10S5. The zero-order valence-electron chi connectivity index (χ0n) is 80.8. The molecule has 0 aliphatic carbocycles. The molecule has 145 heavy (non-hydrogen) atoms. The van der Waals surface area contributed by atoms with Crippen molar-refractivity contribution in [3.8, 4) is 101 Å². The number of rotatable bonds is 8. The van der Waals surface area contributed by atoms with Gasteiger partial charge < -0.3 is 9.13 Å². The van der Waals surface area contributed by atoms with Crippen LogP contribution in [0.5, 0.6) is 0 Å². The van der Waals surface area contributed by atoms with Crippen LogP contribution in [0.3, 0.4) is 0 Å². The Bertz CT molecular complexity index is 9460. The number of nitrogens with zero attached hydrogens (tertiary/aromatic N) is 10. The van der Waals surface area contributed by atoms with Crippen molar-refractivity contribution >= 4 is 166 Å². The van der Waals surface area contributed by atoms with Crippen molar-refractivity contribution in [1.82, 2.24) is 47.3 Å². The third-order valence-corrected chi connectivity index (χ3v) is 34.2. The summed E-state index contributed by atoms with van der Waals surface area (Å²) in [6.45, 7) is 13.8. The highest BCUT2D eigenvalue weighted by molar-refractivity contribution is 7.99. The van der Waals surface area contributed by atoms with Gasteiger partial charge in [0.1, 0.15) is 0 Å². The third kappa shape index (κ3) is 15.5. The number of para-hydroxylation sites is 8. The second kappa shape index (κ2) is 35.7. The molecular weight excluding hydrogens is 1860 g/mol. The van der Waals surface area contributed by atoms with Crippen LogP contribution >= 0.6 is 58.4 Å². The summed E-state index contributed by atoms with van der Waals surface area (Å²) in [6.07, 6.45) is 0. The van der Waals surface area contributed by atoms with Crippen molar-refractivity contribution < 1.29 is 0 Å². The molecule has 4 aliphatic heterocycles. The number of thiophene rings is 1. The fraction of sp³-hybridized carbons (Fsp3) is 0.0923. The maximum Gasteiger partial charge on any atom is 0.174 e. The average molecular weight is 1960 g/mol. The van der Waals surface area contributed by atoms with E-state index in [2.05, 4.69) is 494 Å². The predicted octanol–water partition coefficient (Wildman–Crippen LogP) is 35.7. The van der Waals surface area contributed by atoms with Crippen LogP contribution < -0.4 is 0 Å². The van der Waals surface area contributed by atoms with E-state index in [-0.39, 0.29) is 10.8 Å². The van der Waals surface area contributed by atoms with Crippen molar-refractivity contribution in [2.45, 2.75) is 96.0 Å². The zero-order chi connectivity index (χ0) is 96.9. The van der Waals surface area contributed by atoms with Crippen molar-refractivity contribution in [1.29, 1.82) is 0 Å². The van der Waals surface area contributed by atoms with E-state index < -0.39 is 0 Å². The number of aromatic nitrogens is 10. The lowest BCUT2D eigenvalue weighted by Gasteiger charge is -2.22. The minimum atomic E-state index is 0.0958. The number of hydrogen-bond acceptors (Lipinski definition) is 9. The van der Waals surface area contributed by atoms with E-state index >= 15 is 0 Å². The van der Waals surface area contributed by atoms with Gasteiger partial charge in [0, 0.05) is 76.1 Å². The summed E-state index contributed by atoms with van der Waals surface area (Å²) in [5.74, 6) is 3.70. The van der Waals surface area contributed by atoms with Crippen molar-refractivity contribution in [2.24, 2.45) is 0 Å². The smallest absolute Gasteiger partial charge is 0.174 e. The summed E-state index contributed by atoms with van der Waals surface area (Å²) in [7, 11) is 0. The minimum Gasteiger partial charge on any atom is -0.309 e. The molecule has 4 aliphatic rings. The van der Waals surface area contributed by atoms with Crippen LogP contribution in [0.25, 0.3) is 209 Å². The first-order valence-corrected chi connectivity index (χ1v) is 54.3. The Morgan fingerprint density at radius 3 is 0.945 bits per heavy atom. The molecule has 7 aromatic heterocycles. The predicted molar refractivity (Wildman–Crippen MR) is 614 cm³/mol. The lowest BCUT2D eigenvalue weighted by Crippen LogP contribution is -2.10. The van der Waals surface area contributed by atoms with Crippen LogP contribution in [0.15, 0.2) is 445 Å². The molecule has 15 heteroatoms. The Balaban J connectivity index is 0.0000000966. The summed E-state index contributed by atoms with van der Waals surface area (Å²) in [5.41, 5.74) is 44.5. The SMILES string of the molecule is CC(C)(C)c1ccc2c(c1)c1cc(C(C)(C)C)ccc1n2-c1ccc2c(c1)CSc1nc3ccccc3n1-2.c1ccc(-c2ccc3c(c2)c2cc(-c4ccccc4)ccc2n3-c2ccc3c(c2)CSc2nc4ccccc4n2-3)cc1.c1ccc(-c2cccc(-c3ccccc3)c2-c2ccc3c(c2)CSc2nc4ccccc4n2-3)cc1.c1ccc2c(c1)nc1n2-c2ccc(-c3cccc4c3sc3ccccc34)cc2CS1. The Morgan fingerprint density at radius 2 is 0.531 bits per heavy atom. The molecule has 0 fully saturated rings. The minimum absolute atomic E-state index is 0.0958. The lowest BCUT2D eigenvalue weighted by atomic mass is 9.85. The Hall–Kier alpha value is -15.7. The molecule has 11 heterocycles. The first-order valence-electron chi connectivity index (χ1n) is 49.5. The number of hydrogen-bond donors (Lipinski definition) is 0. The van der Waals surface area contributed by atoms with Gasteiger partial charge in [0.25, 0.3) is 0 Å². The van der Waals surface area contributed by atoms with E-state index in [4.69, 9.17) is 19.9 Å². The van der Waals surface area contributed by atoms with Gasteiger partial charge in [-0.05, 0) is 275 Å². The van der Waals surface area contributed by atoms with Gasteiger partial charge in [0.15, 0.2) is 20.6 Å². The Morgan fingerprint density at radius 1 is 0.214 bits per heavy atom. The van der Waals surface area contributed by atoms with Crippen LogP contribution in [0, 0.1) is 0 Å². The van der Waals surface area contributed by atoms with E-state index in [1.54, 1.807) is 0 Å². The van der Waals surface area contributed by atoms with Crippen molar-refractivity contribution in [2.75, 3.05) is 0 Å². The molecule has 0 saturated carbocycles. The van der Waals surface area contributed by atoms with E-state index in [9.17, 15) is 0 Å². The molecule has 0 spiro atoms. The second-order valence-corrected chi connectivity index (χ2v) is 44.7. The molecule has 0 bridgehead atoms. The number of benzene rings is 19. The van der Waals surface area contributed by atoms with Crippen LogP contribution in [0.4, 0.5) is 0 Å². The summed E-state index contributed by atoms with van der Waals surface area (Å²) in [4.78, 5) is 19.5. The molecule has 0 unspecified atom stereocenters. The number of fused-ring (bicyclic) bond motifs is 29. The lowest BCUT2D eigenvalue weighted by molar-refractivity contribution is 0.590. The molecule has 0 atom stereocenters. The summed E-state index contributed by atoms with van der Waals surface area (Å²) >= 11 is 9.16. The van der Waals surface area contributed by atoms with Crippen LogP contribution in [0.2, 0.25) is 0 Å². The highest BCUT2D eigenvalue weighted by Crippen LogP contribution is 2.50.